The van der Waals surface area contributed by atoms with Gasteiger partial charge in [-0.3, -0.25) is 0 Å². The standard InChI is InChI=1S/C28H46S2Si/c1-21(2)9-7-11-23(5)15-19-31(20-16-24(6)12-8-10-22(3)4)25-13-17-29-27(25)28-26(31)14-18-30-28/h13-14,17-18,21-24H,7-12,15-16,19-20H2,1-6H3. The predicted molar refractivity (Wildman–Crippen MR) is 147 cm³/mol. The monoisotopic (exact) mass is 474 g/mol. The van der Waals surface area contributed by atoms with Crippen LogP contribution in [0.3, 0.4) is 0 Å². The highest BCUT2D eigenvalue weighted by Crippen LogP contribution is 2.41. The summed E-state index contributed by atoms with van der Waals surface area (Å²) in [4.78, 5) is 3.30. The van der Waals surface area contributed by atoms with E-state index in [-0.39, 0.29) is 0 Å². The maximum Gasteiger partial charge on any atom is 0.122 e. The van der Waals surface area contributed by atoms with Gasteiger partial charge >= 0.3 is 0 Å². The summed E-state index contributed by atoms with van der Waals surface area (Å²) in [6, 6.07) is 8.02. The summed E-state index contributed by atoms with van der Waals surface area (Å²) in [6.45, 7) is 14.5. The van der Waals surface area contributed by atoms with E-state index in [0.717, 1.165) is 23.7 Å². The fraction of sp³-hybridized carbons (Fsp3) is 0.714. The summed E-state index contributed by atoms with van der Waals surface area (Å²) in [5.41, 5.74) is 0. The smallest absolute Gasteiger partial charge is 0.122 e. The van der Waals surface area contributed by atoms with Crippen LogP contribution in [0.2, 0.25) is 12.1 Å². The van der Waals surface area contributed by atoms with Crippen LogP contribution < -0.4 is 10.4 Å². The van der Waals surface area contributed by atoms with Gasteiger partial charge in [-0.2, -0.15) is 0 Å². The van der Waals surface area contributed by atoms with E-state index in [4.69, 9.17) is 0 Å². The Morgan fingerprint density at radius 1 is 0.613 bits per heavy atom. The van der Waals surface area contributed by atoms with Gasteiger partial charge < -0.3 is 0 Å². The minimum Gasteiger partial charge on any atom is -0.143 e. The molecule has 0 amide bonds. The van der Waals surface area contributed by atoms with E-state index in [0.29, 0.717) is 0 Å². The van der Waals surface area contributed by atoms with Gasteiger partial charge in [-0.05, 0) is 56.9 Å². The maximum atomic E-state index is 2.53. The van der Waals surface area contributed by atoms with Gasteiger partial charge in [0.15, 0.2) is 0 Å². The highest BCUT2D eigenvalue weighted by molar-refractivity contribution is 7.27. The van der Waals surface area contributed by atoms with Crippen molar-refractivity contribution in [2.75, 3.05) is 0 Å². The lowest BCUT2D eigenvalue weighted by atomic mass is 9.98. The normalized spacial score (nSPS) is 16.6. The number of fused-ring (bicyclic) bond motifs is 3. The van der Waals surface area contributed by atoms with Gasteiger partial charge in [-0.25, -0.2) is 0 Å². The molecular formula is C28H46S2Si. The summed E-state index contributed by atoms with van der Waals surface area (Å²) in [7, 11) is -1.60. The highest BCUT2D eigenvalue weighted by atomic mass is 32.1. The Labute approximate surface area is 201 Å². The second kappa shape index (κ2) is 11.7. The molecule has 0 spiro atoms. The van der Waals surface area contributed by atoms with Crippen LogP contribution in [0, 0.1) is 23.7 Å². The number of rotatable bonds is 14. The molecule has 0 bridgehead atoms. The molecule has 2 aromatic heterocycles. The highest BCUT2D eigenvalue weighted by Gasteiger charge is 2.46. The SMILES string of the molecule is CC(C)CCCC(C)CC[Si]1(CCC(C)CCCC(C)C)c2ccsc2-c2sccc21. The first-order chi connectivity index (χ1) is 14.8. The first-order valence-electron chi connectivity index (χ1n) is 13.0. The second-order valence-electron chi connectivity index (χ2n) is 11.3. The maximum absolute atomic E-state index is 2.53. The Morgan fingerprint density at radius 2 is 1.03 bits per heavy atom. The van der Waals surface area contributed by atoms with Gasteiger partial charge in [-0.1, -0.05) is 105 Å². The van der Waals surface area contributed by atoms with Crippen LogP contribution in [-0.4, -0.2) is 8.07 Å². The molecule has 0 saturated carbocycles. The Balaban J connectivity index is 1.69. The van der Waals surface area contributed by atoms with Crippen molar-refractivity contribution in [3.63, 3.8) is 0 Å². The average Bonchev–Trinajstić information content (AvgIpc) is 3.40. The topological polar surface area (TPSA) is 0 Å². The molecule has 31 heavy (non-hydrogen) atoms. The summed E-state index contributed by atoms with van der Waals surface area (Å²) < 4.78 is 0. The third-order valence-corrected chi connectivity index (χ3v) is 15.2. The van der Waals surface area contributed by atoms with Crippen LogP contribution >= 0.6 is 22.7 Å². The van der Waals surface area contributed by atoms with Gasteiger partial charge in [0.1, 0.15) is 8.07 Å². The first-order valence-corrected chi connectivity index (χ1v) is 17.2. The zero-order chi connectivity index (χ0) is 22.4. The molecule has 1 aliphatic heterocycles. The van der Waals surface area contributed by atoms with Crippen LogP contribution in [0.4, 0.5) is 0 Å². The molecule has 3 heteroatoms. The van der Waals surface area contributed by atoms with Gasteiger partial charge in [0.2, 0.25) is 0 Å². The molecule has 1 aliphatic rings. The van der Waals surface area contributed by atoms with E-state index in [1.165, 1.54) is 63.5 Å². The predicted octanol–water partition coefficient (Wildman–Crippen LogP) is 9.06. The molecule has 0 nitrogen and oxygen atoms in total. The van der Waals surface area contributed by atoms with Crippen molar-refractivity contribution in [3.05, 3.63) is 22.9 Å². The molecule has 3 heterocycles. The molecule has 2 atom stereocenters. The lowest BCUT2D eigenvalue weighted by molar-refractivity contribution is 0.443. The molecule has 0 radical (unpaired) electrons. The molecule has 0 aliphatic carbocycles. The fourth-order valence-electron chi connectivity index (χ4n) is 5.56. The van der Waals surface area contributed by atoms with Crippen molar-refractivity contribution in [1.29, 1.82) is 0 Å². The zero-order valence-electron chi connectivity index (χ0n) is 21.0. The van der Waals surface area contributed by atoms with Crippen LogP contribution in [0.25, 0.3) is 9.75 Å². The quantitative estimate of drug-likeness (QED) is 0.239. The molecule has 3 rings (SSSR count). The van der Waals surface area contributed by atoms with Crippen LogP contribution in [-0.2, 0) is 0 Å². The van der Waals surface area contributed by atoms with Crippen molar-refractivity contribution in [2.24, 2.45) is 23.7 Å². The van der Waals surface area contributed by atoms with Crippen molar-refractivity contribution < 1.29 is 0 Å². The minimum atomic E-state index is -1.60. The minimum absolute atomic E-state index is 0.849. The Morgan fingerprint density at radius 3 is 1.42 bits per heavy atom. The van der Waals surface area contributed by atoms with E-state index in [2.05, 4.69) is 64.4 Å². The first kappa shape index (κ1) is 25.2. The van der Waals surface area contributed by atoms with E-state index < -0.39 is 8.07 Å². The van der Waals surface area contributed by atoms with Gasteiger partial charge in [0.05, 0.1) is 0 Å². The average molecular weight is 475 g/mol. The van der Waals surface area contributed by atoms with Crippen LogP contribution in [0.15, 0.2) is 22.9 Å². The zero-order valence-corrected chi connectivity index (χ0v) is 23.6. The molecule has 0 aromatic carbocycles. The number of hydrogen-bond acceptors (Lipinski definition) is 2. The van der Waals surface area contributed by atoms with E-state index in [9.17, 15) is 0 Å². The van der Waals surface area contributed by atoms with Gasteiger partial charge in [-0.15, -0.1) is 22.7 Å². The summed E-state index contributed by atoms with van der Waals surface area (Å²) >= 11 is 4.02. The Hall–Kier alpha value is -0.383. The molecule has 2 unspecified atom stereocenters. The summed E-state index contributed by atoms with van der Waals surface area (Å²) in [6.07, 6.45) is 11.3. The van der Waals surface area contributed by atoms with Crippen molar-refractivity contribution in [3.8, 4) is 9.75 Å². The fourth-order valence-corrected chi connectivity index (χ4v) is 14.8. The van der Waals surface area contributed by atoms with E-state index in [1.54, 1.807) is 9.75 Å². The lowest BCUT2D eigenvalue weighted by Gasteiger charge is -2.31. The summed E-state index contributed by atoms with van der Waals surface area (Å²) in [5, 5.41) is 8.38. The van der Waals surface area contributed by atoms with Gasteiger partial charge in [0.25, 0.3) is 0 Å². The molecule has 174 valence electrons. The molecule has 0 fully saturated rings. The van der Waals surface area contributed by atoms with Crippen molar-refractivity contribution in [1.82, 2.24) is 0 Å². The van der Waals surface area contributed by atoms with Crippen LogP contribution in [0.5, 0.6) is 0 Å². The second-order valence-corrected chi connectivity index (χ2v) is 17.4. The molecule has 0 saturated heterocycles. The van der Waals surface area contributed by atoms with Crippen molar-refractivity contribution in [2.45, 2.75) is 105 Å². The molecular weight excluding hydrogens is 429 g/mol. The number of thiophene rings is 2. The Bertz CT molecular complexity index is 718. The molecule has 0 N–H and O–H groups in total. The van der Waals surface area contributed by atoms with E-state index in [1.807, 2.05) is 33.0 Å². The number of hydrogen-bond donors (Lipinski definition) is 0. The summed E-state index contributed by atoms with van der Waals surface area (Å²) in [5.74, 6) is 3.44. The third-order valence-electron chi connectivity index (χ3n) is 7.65. The van der Waals surface area contributed by atoms with Gasteiger partial charge in [0, 0.05) is 9.75 Å². The lowest BCUT2D eigenvalue weighted by Crippen LogP contribution is -2.54. The van der Waals surface area contributed by atoms with Crippen molar-refractivity contribution >= 4 is 41.1 Å². The van der Waals surface area contributed by atoms with Crippen LogP contribution in [0.1, 0.15) is 92.9 Å². The third kappa shape index (κ3) is 6.36. The van der Waals surface area contributed by atoms with E-state index >= 15 is 0 Å². The molecule has 2 aromatic rings. The largest absolute Gasteiger partial charge is 0.143 e. The Kier molecular flexibility index (Phi) is 9.49.